The van der Waals surface area contributed by atoms with Crippen LogP contribution in [0.2, 0.25) is 10.0 Å². The molecule has 2 N–H and O–H groups in total. The summed E-state index contributed by atoms with van der Waals surface area (Å²) in [4.78, 5) is 25.6. The molecule has 0 bridgehead atoms. The standard InChI is InChI=1S/C31H21Cl2N3O5S/c32-22-12-16-24(17-13-22)42(39,40)36-23-14-9-21(10-15-23)30(37)35-34-19-27-25-6-2-1-5-20(25)11-18-29(27)41-31(38)26-7-3-4-8-28(26)33/h1-19,36H,(H,35,37)/b34-19+. The lowest BCUT2D eigenvalue weighted by Crippen LogP contribution is -2.18. The zero-order valence-electron chi connectivity index (χ0n) is 21.6. The van der Waals surface area contributed by atoms with Crippen LogP contribution in [0, 0.1) is 0 Å². The molecule has 0 fully saturated rings. The summed E-state index contributed by atoms with van der Waals surface area (Å²) in [5.74, 6) is -0.941. The smallest absolute Gasteiger partial charge is 0.345 e. The van der Waals surface area contributed by atoms with Gasteiger partial charge in [-0.15, -0.1) is 0 Å². The number of carbonyl (C=O) groups is 2. The number of nitrogens with zero attached hydrogens (tertiary/aromatic N) is 1. The first-order valence-electron chi connectivity index (χ1n) is 12.4. The number of rotatable bonds is 8. The second-order valence-electron chi connectivity index (χ2n) is 8.90. The van der Waals surface area contributed by atoms with Crippen molar-refractivity contribution in [2.75, 3.05) is 4.72 Å². The second kappa shape index (κ2) is 12.4. The number of halogens is 2. The molecule has 1 amide bonds. The van der Waals surface area contributed by atoms with Crippen molar-refractivity contribution in [1.82, 2.24) is 5.43 Å². The average molecular weight is 618 g/mol. The van der Waals surface area contributed by atoms with Gasteiger partial charge in [-0.2, -0.15) is 5.10 Å². The number of carbonyl (C=O) groups excluding carboxylic acids is 2. The van der Waals surface area contributed by atoms with Gasteiger partial charge < -0.3 is 4.74 Å². The number of amides is 1. The number of hydrazone groups is 1. The molecular weight excluding hydrogens is 597 g/mol. The van der Waals surface area contributed by atoms with E-state index in [4.69, 9.17) is 27.9 Å². The van der Waals surface area contributed by atoms with E-state index in [0.717, 1.165) is 10.8 Å². The molecule has 0 unspecified atom stereocenters. The van der Waals surface area contributed by atoms with Gasteiger partial charge in [0.1, 0.15) is 5.75 Å². The molecule has 0 aliphatic rings. The molecule has 5 rings (SSSR count). The Labute approximate surface area is 251 Å². The Morgan fingerprint density at radius 1 is 0.786 bits per heavy atom. The van der Waals surface area contributed by atoms with Crippen molar-refractivity contribution < 1.29 is 22.7 Å². The lowest BCUT2D eigenvalue weighted by molar-refractivity contribution is 0.0734. The predicted octanol–water partition coefficient (Wildman–Crippen LogP) is 6.93. The maximum Gasteiger partial charge on any atom is 0.345 e. The van der Waals surface area contributed by atoms with Crippen LogP contribution in [-0.2, 0) is 10.0 Å². The van der Waals surface area contributed by atoms with E-state index in [1.54, 1.807) is 30.3 Å². The Hall–Kier alpha value is -4.70. The quantitative estimate of drug-likeness (QED) is 0.0848. The molecule has 210 valence electrons. The number of hydrogen-bond donors (Lipinski definition) is 2. The topological polar surface area (TPSA) is 114 Å². The molecule has 0 aromatic heterocycles. The fraction of sp³-hybridized carbons (Fsp3) is 0. The van der Waals surface area contributed by atoms with Crippen LogP contribution in [-0.4, -0.2) is 26.5 Å². The minimum atomic E-state index is -3.83. The molecule has 0 saturated heterocycles. The van der Waals surface area contributed by atoms with Crippen LogP contribution in [0.3, 0.4) is 0 Å². The normalized spacial score (nSPS) is 11.4. The Balaban J connectivity index is 1.31. The van der Waals surface area contributed by atoms with Gasteiger partial charge in [-0.1, -0.05) is 65.7 Å². The molecule has 5 aromatic carbocycles. The van der Waals surface area contributed by atoms with Gasteiger partial charge in [0, 0.05) is 21.8 Å². The van der Waals surface area contributed by atoms with Crippen LogP contribution in [0.15, 0.2) is 119 Å². The van der Waals surface area contributed by atoms with Gasteiger partial charge in [-0.3, -0.25) is 9.52 Å². The van der Waals surface area contributed by atoms with Crippen LogP contribution < -0.4 is 14.9 Å². The van der Waals surface area contributed by atoms with Crippen LogP contribution in [0.25, 0.3) is 10.8 Å². The summed E-state index contributed by atoms with van der Waals surface area (Å²) in [6.45, 7) is 0. The fourth-order valence-corrected chi connectivity index (χ4v) is 5.41. The van der Waals surface area contributed by atoms with Crippen molar-refractivity contribution in [3.05, 3.63) is 136 Å². The SMILES string of the molecule is O=C(N/N=C/c1c(OC(=O)c2ccccc2Cl)ccc2ccccc12)c1ccc(NS(=O)(=O)c2ccc(Cl)cc2)cc1. The number of hydrogen-bond acceptors (Lipinski definition) is 6. The van der Waals surface area contributed by atoms with E-state index in [2.05, 4.69) is 15.2 Å². The molecule has 5 aromatic rings. The van der Waals surface area contributed by atoms with E-state index >= 15 is 0 Å². The number of fused-ring (bicyclic) bond motifs is 1. The molecule has 0 radical (unpaired) electrons. The van der Waals surface area contributed by atoms with Crippen molar-refractivity contribution in [2.45, 2.75) is 4.90 Å². The molecule has 0 atom stereocenters. The largest absolute Gasteiger partial charge is 0.422 e. The lowest BCUT2D eigenvalue weighted by atomic mass is 10.0. The van der Waals surface area contributed by atoms with Gasteiger partial charge in [0.2, 0.25) is 0 Å². The second-order valence-corrected chi connectivity index (χ2v) is 11.4. The molecule has 11 heteroatoms. The Morgan fingerprint density at radius 2 is 1.48 bits per heavy atom. The summed E-state index contributed by atoms with van der Waals surface area (Å²) in [6, 6.07) is 29.0. The van der Waals surface area contributed by atoms with E-state index in [1.807, 2.05) is 30.3 Å². The first kappa shape index (κ1) is 28.8. The molecular formula is C31H21Cl2N3O5S. The molecule has 0 saturated carbocycles. The molecule has 0 aliphatic carbocycles. The first-order valence-corrected chi connectivity index (χ1v) is 14.7. The van der Waals surface area contributed by atoms with Gasteiger partial charge in [0.05, 0.1) is 21.7 Å². The third-order valence-corrected chi connectivity index (χ3v) is 8.09. The van der Waals surface area contributed by atoms with Gasteiger partial charge in [-0.25, -0.2) is 18.6 Å². The summed E-state index contributed by atoms with van der Waals surface area (Å²) in [5.41, 5.74) is 3.64. The molecule has 0 heterocycles. The summed E-state index contributed by atoms with van der Waals surface area (Å²) in [7, 11) is -3.83. The average Bonchev–Trinajstić information content (AvgIpc) is 2.98. The van der Waals surface area contributed by atoms with E-state index in [1.165, 1.54) is 54.7 Å². The van der Waals surface area contributed by atoms with Crippen molar-refractivity contribution >= 4 is 67.8 Å². The van der Waals surface area contributed by atoms with Crippen LogP contribution in [0.5, 0.6) is 5.75 Å². The van der Waals surface area contributed by atoms with E-state index in [0.29, 0.717) is 10.6 Å². The third kappa shape index (κ3) is 6.60. The maximum absolute atomic E-state index is 12.8. The molecule has 0 spiro atoms. The molecule has 42 heavy (non-hydrogen) atoms. The lowest BCUT2D eigenvalue weighted by Gasteiger charge is -2.11. The van der Waals surface area contributed by atoms with Gasteiger partial charge in [0.25, 0.3) is 15.9 Å². The number of nitrogens with one attached hydrogen (secondary N) is 2. The van der Waals surface area contributed by atoms with E-state index < -0.39 is 21.9 Å². The first-order chi connectivity index (χ1) is 20.2. The number of benzene rings is 5. The van der Waals surface area contributed by atoms with E-state index in [-0.39, 0.29) is 32.5 Å². The Kier molecular flexibility index (Phi) is 8.53. The molecule has 0 aliphatic heterocycles. The highest BCUT2D eigenvalue weighted by Crippen LogP contribution is 2.28. The summed E-state index contributed by atoms with van der Waals surface area (Å²) >= 11 is 12.0. The summed E-state index contributed by atoms with van der Waals surface area (Å²) < 4.78 is 33.3. The minimum Gasteiger partial charge on any atom is -0.422 e. The number of ether oxygens (including phenoxy) is 1. The van der Waals surface area contributed by atoms with Crippen molar-refractivity contribution in [3.63, 3.8) is 0 Å². The highest BCUT2D eigenvalue weighted by Gasteiger charge is 2.17. The minimum absolute atomic E-state index is 0.0495. The van der Waals surface area contributed by atoms with Gasteiger partial charge in [-0.05, 0) is 77.5 Å². The highest BCUT2D eigenvalue weighted by atomic mass is 35.5. The third-order valence-electron chi connectivity index (χ3n) is 6.11. The zero-order chi connectivity index (χ0) is 29.7. The Morgan fingerprint density at radius 3 is 2.21 bits per heavy atom. The fourth-order valence-electron chi connectivity index (χ4n) is 4.02. The van der Waals surface area contributed by atoms with Crippen molar-refractivity contribution in [3.8, 4) is 5.75 Å². The summed E-state index contributed by atoms with van der Waals surface area (Å²) in [6.07, 6.45) is 1.39. The van der Waals surface area contributed by atoms with Crippen LogP contribution in [0.1, 0.15) is 26.3 Å². The van der Waals surface area contributed by atoms with E-state index in [9.17, 15) is 18.0 Å². The van der Waals surface area contributed by atoms with Gasteiger partial charge >= 0.3 is 5.97 Å². The van der Waals surface area contributed by atoms with Crippen LogP contribution in [0.4, 0.5) is 5.69 Å². The van der Waals surface area contributed by atoms with Crippen molar-refractivity contribution in [2.24, 2.45) is 5.10 Å². The van der Waals surface area contributed by atoms with Crippen molar-refractivity contribution in [1.29, 1.82) is 0 Å². The summed E-state index contributed by atoms with van der Waals surface area (Å²) in [5, 5.41) is 6.39. The zero-order valence-corrected chi connectivity index (χ0v) is 24.0. The monoisotopic (exact) mass is 617 g/mol. The Bertz CT molecular complexity index is 1930. The predicted molar refractivity (Wildman–Crippen MR) is 164 cm³/mol. The highest BCUT2D eigenvalue weighted by molar-refractivity contribution is 7.92. The number of anilines is 1. The number of esters is 1. The van der Waals surface area contributed by atoms with Gasteiger partial charge in [0.15, 0.2) is 0 Å². The number of sulfonamides is 1. The molecule has 8 nitrogen and oxygen atoms in total. The maximum atomic E-state index is 12.8. The van der Waals surface area contributed by atoms with Crippen LogP contribution >= 0.6 is 23.2 Å².